The van der Waals surface area contributed by atoms with Gasteiger partial charge in [-0.3, -0.25) is 4.98 Å². The van der Waals surface area contributed by atoms with Gasteiger partial charge >= 0.3 is 0 Å². The van der Waals surface area contributed by atoms with Crippen LogP contribution < -0.4 is 4.74 Å². The van der Waals surface area contributed by atoms with Crippen molar-refractivity contribution in [2.45, 2.75) is 29.3 Å². The van der Waals surface area contributed by atoms with Crippen molar-refractivity contribution < 1.29 is 32.1 Å². The van der Waals surface area contributed by atoms with Crippen LogP contribution in [0.3, 0.4) is 0 Å². The maximum absolute atomic E-state index is 15.0. The van der Waals surface area contributed by atoms with Crippen LogP contribution in [0.25, 0.3) is 33.5 Å². The average Bonchev–Trinajstić information content (AvgIpc) is 3.60. The van der Waals surface area contributed by atoms with E-state index in [2.05, 4.69) is 15.0 Å². The summed E-state index contributed by atoms with van der Waals surface area (Å²) >= 11 is 0. The van der Waals surface area contributed by atoms with E-state index in [0.717, 1.165) is 9.87 Å². The lowest BCUT2D eigenvalue weighted by Crippen LogP contribution is -2.34. The van der Waals surface area contributed by atoms with Crippen molar-refractivity contribution in [1.82, 2.24) is 19.3 Å². The Labute approximate surface area is 218 Å². The predicted molar refractivity (Wildman–Crippen MR) is 135 cm³/mol. The molecule has 6 rings (SSSR count). The van der Waals surface area contributed by atoms with Crippen LogP contribution in [0.5, 0.6) is 5.88 Å². The summed E-state index contributed by atoms with van der Waals surface area (Å²) < 4.78 is 57.8. The van der Waals surface area contributed by atoms with Crippen LogP contribution in [0.15, 0.2) is 59.6 Å². The number of rotatable bonds is 6. The zero-order valence-electron chi connectivity index (χ0n) is 20.5. The van der Waals surface area contributed by atoms with Crippen LogP contribution in [0.1, 0.15) is 0 Å². The van der Waals surface area contributed by atoms with Gasteiger partial charge in [0, 0.05) is 43.6 Å². The highest BCUT2D eigenvalue weighted by atomic mass is 32.2. The highest BCUT2D eigenvalue weighted by Gasteiger charge is 2.48. The monoisotopic (exact) mass is 540 g/mol. The molecule has 38 heavy (non-hydrogen) atoms. The van der Waals surface area contributed by atoms with Gasteiger partial charge in [-0.1, -0.05) is 24.3 Å². The van der Waals surface area contributed by atoms with Gasteiger partial charge in [0.15, 0.2) is 17.8 Å². The van der Waals surface area contributed by atoms with Crippen molar-refractivity contribution in [2.75, 3.05) is 27.3 Å². The van der Waals surface area contributed by atoms with Crippen molar-refractivity contribution in [2.24, 2.45) is 0 Å². The number of aliphatic hydroxyl groups is 1. The molecular weight excluding hydrogens is 515 g/mol. The molecular formula is C26H25FN4O6S. The molecule has 2 aliphatic heterocycles. The molecule has 4 aromatic rings. The largest absolute Gasteiger partial charge is 0.470 e. The first kappa shape index (κ1) is 24.9. The van der Waals surface area contributed by atoms with Crippen LogP contribution in [0.4, 0.5) is 4.39 Å². The van der Waals surface area contributed by atoms with Gasteiger partial charge < -0.3 is 24.3 Å². The standard InChI is InChI=1S/C26H25FN4O6S/c1-31(2)38(33,34)16-7-8-18(28-11-16)14-3-5-15(6-4-14)24-17(27)9-19-20(30-24)10-23(29-19)37-22-13-36-25-21(32)12-35-26(22)25/h3-11,21-22,25-26,29,32H,12-13H2,1-2H3/t21-,22-,25-,26?/m1/s1. The van der Waals surface area contributed by atoms with E-state index in [9.17, 15) is 13.5 Å². The second kappa shape index (κ2) is 9.40. The van der Waals surface area contributed by atoms with Crippen LogP contribution in [0.2, 0.25) is 0 Å². The van der Waals surface area contributed by atoms with Crippen LogP contribution in [-0.4, -0.2) is 84.5 Å². The van der Waals surface area contributed by atoms with E-state index in [-0.39, 0.29) is 29.9 Å². The number of H-pyrrole nitrogens is 1. The fourth-order valence-electron chi connectivity index (χ4n) is 4.69. The fraction of sp³-hybridized carbons (Fsp3) is 0.308. The molecule has 1 aromatic carbocycles. The number of benzene rings is 1. The lowest BCUT2D eigenvalue weighted by atomic mass is 10.1. The molecule has 10 nitrogen and oxygen atoms in total. The van der Waals surface area contributed by atoms with Crippen molar-refractivity contribution >= 4 is 21.1 Å². The number of hydrogen-bond acceptors (Lipinski definition) is 8. The number of aromatic amines is 1. The molecule has 2 saturated heterocycles. The Hall–Kier alpha value is -3.42. The van der Waals surface area contributed by atoms with Crippen LogP contribution in [0, 0.1) is 5.82 Å². The maximum Gasteiger partial charge on any atom is 0.244 e. The smallest absolute Gasteiger partial charge is 0.244 e. The molecule has 0 radical (unpaired) electrons. The van der Waals surface area contributed by atoms with Crippen LogP contribution >= 0.6 is 0 Å². The van der Waals surface area contributed by atoms with E-state index < -0.39 is 34.2 Å². The molecule has 198 valence electrons. The van der Waals surface area contributed by atoms with Gasteiger partial charge in [0.1, 0.15) is 28.9 Å². The Bertz CT molecular complexity index is 1590. The van der Waals surface area contributed by atoms with Gasteiger partial charge in [0.2, 0.25) is 10.0 Å². The van der Waals surface area contributed by atoms with Gasteiger partial charge in [0.25, 0.3) is 0 Å². The van der Waals surface area contributed by atoms with Gasteiger partial charge in [0.05, 0.1) is 29.9 Å². The highest BCUT2D eigenvalue weighted by Crippen LogP contribution is 2.32. The lowest BCUT2D eigenvalue weighted by Gasteiger charge is -2.16. The number of fused-ring (bicyclic) bond motifs is 2. The molecule has 5 heterocycles. The summed E-state index contributed by atoms with van der Waals surface area (Å²) in [6.07, 6.45) is -0.520. The van der Waals surface area contributed by atoms with E-state index in [1.54, 1.807) is 36.4 Å². The van der Waals surface area contributed by atoms with Crippen LogP contribution in [-0.2, 0) is 19.5 Å². The van der Waals surface area contributed by atoms with Gasteiger partial charge in [-0.15, -0.1) is 0 Å². The number of pyridine rings is 2. The number of sulfonamides is 1. The van der Waals surface area contributed by atoms with Gasteiger partial charge in [-0.05, 0) is 12.1 Å². The van der Waals surface area contributed by atoms with E-state index in [4.69, 9.17) is 14.2 Å². The highest BCUT2D eigenvalue weighted by molar-refractivity contribution is 7.89. The summed E-state index contributed by atoms with van der Waals surface area (Å²) in [4.78, 5) is 11.9. The summed E-state index contributed by atoms with van der Waals surface area (Å²) in [6.45, 7) is 0.487. The summed E-state index contributed by atoms with van der Waals surface area (Å²) in [5.41, 5.74) is 3.10. The zero-order valence-corrected chi connectivity index (χ0v) is 21.4. The number of nitrogens with one attached hydrogen (secondary N) is 1. The second-order valence-corrected chi connectivity index (χ2v) is 11.6. The van der Waals surface area contributed by atoms with Crippen molar-refractivity contribution in [3.05, 3.63) is 60.5 Å². The molecule has 0 bridgehead atoms. The number of halogens is 1. The minimum Gasteiger partial charge on any atom is -0.470 e. The first-order valence-corrected chi connectivity index (χ1v) is 13.4. The summed E-state index contributed by atoms with van der Waals surface area (Å²) in [7, 11) is -0.642. The van der Waals surface area contributed by atoms with Crippen molar-refractivity contribution in [3.63, 3.8) is 0 Å². The van der Waals surface area contributed by atoms with Crippen molar-refractivity contribution in [3.8, 4) is 28.4 Å². The Kier molecular flexibility index (Phi) is 6.16. The molecule has 3 aromatic heterocycles. The minimum atomic E-state index is -3.57. The number of aromatic nitrogens is 3. The third-order valence-electron chi connectivity index (χ3n) is 6.76. The first-order valence-electron chi connectivity index (χ1n) is 12.0. The minimum absolute atomic E-state index is 0.103. The molecule has 2 aliphatic rings. The maximum atomic E-state index is 15.0. The van der Waals surface area contributed by atoms with E-state index in [0.29, 0.717) is 28.2 Å². The average molecular weight is 541 g/mol. The lowest BCUT2D eigenvalue weighted by molar-refractivity contribution is 0.00794. The zero-order chi connectivity index (χ0) is 26.6. The third kappa shape index (κ3) is 4.33. The predicted octanol–water partition coefficient (Wildman–Crippen LogP) is 2.59. The summed E-state index contributed by atoms with van der Waals surface area (Å²) in [5.74, 6) is -0.0917. The Morgan fingerprint density at radius 3 is 2.50 bits per heavy atom. The normalized spacial score (nSPS) is 23.3. The molecule has 0 aliphatic carbocycles. The number of hydrogen-bond donors (Lipinski definition) is 2. The van der Waals surface area contributed by atoms with Crippen molar-refractivity contribution in [1.29, 1.82) is 0 Å². The van der Waals surface area contributed by atoms with E-state index in [1.807, 2.05) is 0 Å². The number of nitrogens with zero attached hydrogens (tertiary/aromatic N) is 3. The third-order valence-corrected chi connectivity index (χ3v) is 8.56. The van der Waals surface area contributed by atoms with E-state index in [1.165, 1.54) is 32.4 Å². The Morgan fingerprint density at radius 2 is 1.79 bits per heavy atom. The molecule has 0 amide bonds. The van der Waals surface area contributed by atoms with E-state index >= 15 is 4.39 Å². The Morgan fingerprint density at radius 1 is 1.05 bits per heavy atom. The molecule has 2 N–H and O–H groups in total. The summed E-state index contributed by atoms with van der Waals surface area (Å²) in [5, 5.41) is 9.91. The fourth-order valence-corrected chi connectivity index (χ4v) is 5.54. The Balaban J connectivity index is 1.22. The number of ether oxygens (including phenoxy) is 3. The molecule has 1 unspecified atom stereocenters. The quantitative estimate of drug-likeness (QED) is 0.382. The molecule has 4 atom stereocenters. The molecule has 0 saturated carbocycles. The number of aliphatic hydroxyl groups excluding tert-OH is 1. The van der Waals surface area contributed by atoms with Gasteiger partial charge in [-0.2, -0.15) is 0 Å². The molecule has 2 fully saturated rings. The second-order valence-electron chi connectivity index (χ2n) is 9.45. The van der Waals surface area contributed by atoms with Gasteiger partial charge in [-0.25, -0.2) is 22.1 Å². The summed E-state index contributed by atoms with van der Waals surface area (Å²) in [6, 6.07) is 13.2. The molecule has 12 heteroatoms. The molecule has 0 spiro atoms. The first-order chi connectivity index (χ1) is 18.2. The SMILES string of the molecule is CN(C)S(=O)(=O)c1ccc(-c2ccc(-c3nc4cc(O[C@@H]5CO[C@H]6C5OC[C@H]6O)[nH]c4cc3F)cc2)nc1. The topological polar surface area (TPSA) is 127 Å².